The van der Waals surface area contributed by atoms with Gasteiger partial charge in [-0.3, -0.25) is 29.6 Å². The summed E-state index contributed by atoms with van der Waals surface area (Å²) in [6, 6.07) is 7.04. The molecule has 1 N–H and O–H groups in total. The van der Waals surface area contributed by atoms with Crippen molar-refractivity contribution >= 4 is 45.6 Å². The summed E-state index contributed by atoms with van der Waals surface area (Å²) in [5, 5.41) is 22.5. The highest BCUT2D eigenvalue weighted by Crippen LogP contribution is 2.44. The Labute approximate surface area is 208 Å². The van der Waals surface area contributed by atoms with E-state index in [0.717, 1.165) is 16.2 Å². The third-order valence-corrected chi connectivity index (χ3v) is 6.44. The van der Waals surface area contributed by atoms with Gasteiger partial charge in [-0.2, -0.15) is 0 Å². The number of aliphatic hydroxyl groups is 1. The number of amides is 1. The number of nitrogens with zero attached hydrogens (tertiary/aromatic N) is 4. The predicted molar refractivity (Wildman–Crippen MR) is 129 cm³/mol. The van der Waals surface area contributed by atoms with Gasteiger partial charge < -0.3 is 9.84 Å². The first-order chi connectivity index (χ1) is 17.2. The number of aliphatic hydroxyl groups excluding tert-OH is 1. The van der Waals surface area contributed by atoms with E-state index in [1.807, 2.05) is 0 Å². The van der Waals surface area contributed by atoms with Crippen molar-refractivity contribution in [2.75, 3.05) is 11.5 Å². The first-order valence-electron chi connectivity index (χ1n) is 10.5. The molecule has 2 aromatic heterocycles. The third-order valence-electron chi connectivity index (χ3n) is 5.30. The minimum Gasteiger partial charge on any atom is -0.507 e. The van der Waals surface area contributed by atoms with Crippen LogP contribution >= 0.6 is 11.3 Å². The van der Waals surface area contributed by atoms with Crippen LogP contribution in [0.15, 0.2) is 67.0 Å². The van der Waals surface area contributed by atoms with Gasteiger partial charge in [-0.1, -0.05) is 36.1 Å². The van der Waals surface area contributed by atoms with Crippen molar-refractivity contribution in [3.05, 3.63) is 98.8 Å². The SMILES string of the molecule is C=CCOC(=O)c1sc(N2C(=O)C(=O)/C(=C(/O)c3ccncc3)C2c2cccc([N+](=O)[O-])c2)nc1C. The van der Waals surface area contributed by atoms with E-state index in [-0.39, 0.29) is 44.7 Å². The van der Waals surface area contributed by atoms with E-state index in [1.165, 1.54) is 54.9 Å². The average molecular weight is 506 g/mol. The van der Waals surface area contributed by atoms with E-state index < -0.39 is 34.4 Å². The Balaban J connectivity index is 1.91. The molecule has 0 spiro atoms. The van der Waals surface area contributed by atoms with Gasteiger partial charge in [-0.05, 0) is 24.6 Å². The van der Waals surface area contributed by atoms with E-state index >= 15 is 0 Å². The number of nitro groups is 1. The van der Waals surface area contributed by atoms with Crippen molar-refractivity contribution in [2.45, 2.75) is 13.0 Å². The number of non-ortho nitro benzene ring substituents is 1. The van der Waals surface area contributed by atoms with Gasteiger partial charge >= 0.3 is 11.9 Å². The normalized spacial score (nSPS) is 16.7. The summed E-state index contributed by atoms with van der Waals surface area (Å²) in [7, 11) is 0. The maximum absolute atomic E-state index is 13.2. The molecule has 0 bridgehead atoms. The fourth-order valence-corrected chi connectivity index (χ4v) is 4.68. The lowest BCUT2D eigenvalue weighted by atomic mass is 9.95. The largest absolute Gasteiger partial charge is 0.507 e. The van der Waals surface area contributed by atoms with Crippen LogP contribution in [0.25, 0.3) is 5.76 Å². The number of carbonyl (C=O) groups is 3. The van der Waals surface area contributed by atoms with Crippen molar-refractivity contribution in [1.82, 2.24) is 9.97 Å². The number of hydrogen-bond acceptors (Lipinski definition) is 10. The third kappa shape index (κ3) is 4.36. The number of rotatable bonds is 7. The minimum atomic E-state index is -1.25. The molecular weight excluding hydrogens is 488 g/mol. The molecule has 12 heteroatoms. The Morgan fingerprint density at radius 1 is 1.31 bits per heavy atom. The quantitative estimate of drug-likeness (QED) is 0.0960. The summed E-state index contributed by atoms with van der Waals surface area (Å²) in [4.78, 5) is 59.0. The summed E-state index contributed by atoms with van der Waals surface area (Å²) >= 11 is 0.824. The smallest absolute Gasteiger partial charge is 0.350 e. The highest BCUT2D eigenvalue weighted by atomic mass is 32.1. The molecule has 36 heavy (non-hydrogen) atoms. The molecule has 1 fully saturated rings. The molecule has 1 atom stereocenters. The summed E-state index contributed by atoms with van der Waals surface area (Å²) < 4.78 is 5.07. The highest BCUT2D eigenvalue weighted by molar-refractivity contribution is 7.17. The van der Waals surface area contributed by atoms with Gasteiger partial charge in [0.1, 0.15) is 17.2 Å². The predicted octanol–water partition coefficient (Wildman–Crippen LogP) is 3.72. The number of carbonyl (C=O) groups excluding carboxylic acids is 3. The average Bonchev–Trinajstić information content (AvgIpc) is 3.39. The Kier molecular flexibility index (Phi) is 6.70. The molecule has 11 nitrogen and oxygen atoms in total. The molecule has 1 aromatic carbocycles. The van der Waals surface area contributed by atoms with Crippen LogP contribution in [0.3, 0.4) is 0 Å². The van der Waals surface area contributed by atoms with Crippen molar-refractivity contribution in [1.29, 1.82) is 0 Å². The zero-order chi connectivity index (χ0) is 26.0. The van der Waals surface area contributed by atoms with Gasteiger partial charge in [-0.25, -0.2) is 9.78 Å². The standard InChI is InChI=1S/C24H18N4O7S/c1-3-11-35-23(32)21-13(2)26-24(36-21)27-18(15-5-4-6-16(12-15)28(33)34)17(20(30)22(27)31)19(29)14-7-9-25-10-8-14/h3-10,12,18,29H,1,11H2,2H3/b19-17+. The van der Waals surface area contributed by atoms with Gasteiger partial charge in [0.15, 0.2) is 5.13 Å². The summed E-state index contributed by atoms with van der Waals surface area (Å²) in [5.41, 5.74) is 0.129. The first-order valence-corrected chi connectivity index (χ1v) is 11.3. The van der Waals surface area contributed by atoms with E-state index in [1.54, 1.807) is 6.92 Å². The lowest BCUT2D eigenvalue weighted by Gasteiger charge is -2.22. The number of benzene rings is 1. The van der Waals surface area contributed by atoms with Crippen LogP contribution in [0, 0.1) is 17.0 Å². The van der Waals surface area contributed by atoms with Crippen LogP contribution in [0.4, 0.5) is 10.8 Å². The Hall–Kier alpha value is -4.71. The topological polar surface area (TPSA) is 153 Å². The number of thiazole rings is 1. The van der Waals surface area contributed by atoms with Crippen LogP contribution in [0.5, 0.6) is 0 Å². The molecular formula is C24H18N4O7S. The number of pyridine rings is 1. The maximum Gasteiger partial charge on any atom is 0.350 e. The van der Waals surface area contributed by atoms with Gasteiger partial charge in [0, 0.05) is 30.1 Å². The number of ether oxygens (including phenoxy) is 1. The Bertz CT molecular complexity index is 1430. The lowest BCUT2D eigenvalue weighted by Crippen LogP contribution is -2.29. The molecule has 1 saturated heterocycles. The van der Waals surface area contributed by atoms with Gasteiger partial charge in [-0.15, -0.1) is 0 Å². The molecule has 1 unspecified atom stereocenters. The molecule has 0 saturated carbocycles. The van der Waals surface area contributed by atoms with Crippen molar-refractivity contribution in [2.24, 2.45) is 0 Å². The summed E-state index contributed by atoms with van der Waals surface area (Å²) in [6.07, 6.45) is 4.20. The Morgan fingerprint density at radius 3 is 2.69 bits per heavy atom. The molecule has 1 aliphatic heterocycles. The van der Waals surface area contributed by atoms with E-state index in [9.17, 15) is 29.6 Å². The molecule has 0 radical (unpaired) electrons. The molecule has 0 aliphatic carbocycles. The molecule has 1 aliphatic rings. The van der Waals surface area contributed by atoms with E-state index in [4.69, 9.17) is 4.74 Å². The number of anilines is 1. The van der Waals surface area contributed by atoms with Crippen LogP contribution < -0.4 is 4.90 Å². The molecule has 3 aromatic rings. The molecule has 182 valence electrons. The molecule has 1 amide bonds. The number of ketones is 1. The van der Waals surface area contributed by atoms with Crippen molar-refractivity contribution in [3.8, 4) is 0 Å². The fourth-order valence-electron chi connectivity index (χ4n) is 3.69. The van der Waals surface area contributed by atoms with Crippen LogP contribution in [-0.2, 0) is 14.3 Å². The second-order valence-electron chi connectivity index (χ2n) is 7.56. The summed E-state index contributed by atoms with van der Waals surface area (Å²) in [6.45, 7) is 5.00. The maximum atomic E-state index is 13.2. The zero-order valence-electron chi connectivity index (χ0n) is 18.8. The second-order valence-corrected chi connectivity index (χ2v) is 8.53. The van der Waals surface area contributed by atoms with Crippen LogP contribution in [-0.4, -0.2) is 44.3 Å². The van der Waals surface area contributed by atoms with Crippen molar-refractivity contribution < 1.29 is 29.2 Å². The number of aromatic nitrogens is 2. The number of Topliss-reactive ketones (excluding diaryl/α,β-unsaturated/α-hetero) is 1. The van der Waals surface area contributed by atoms with Gasteiger partial charge in [0.25, 0.3) is 11.5 Å². The molecule has 4 rings (SSSR count). The zero-order valence-corrected chi connectivity index (χ0v) is 19.6. The minimum absolute atomic E-state index is 0.00885. The lowest BCUT2D eigenvalue weighted by molar-refractivity contribution is -0.384. The Morgan fingerprint density at radius 2 is 2.03 bits per heavy atom. The van der Waals surface area contributed by atoms with E-state index in [2.05, 4.69) is 16.5 Å². The fraction of sp³-hybridized carbons (Fsp3) is 0.125. The van der Waals surface area contributed by atoms with Gasteiger partial charge in [0.05, 0.1) is 22.2 Å². The van der Waals surface area contributed by atoms with Gasteiger partial charge in [0.2, 0.25) is 0 Å². The second kappa shape index (κ2) is 9.88. The highest BCUT2D eigenvalue weighted by Gasteiger charge is 2.48. The number of aryl methyl sites for hydroxylation is 1. The van der Waals surface area contributed by atoms with Crippen LogP contribution in [0.1, 0.15) is 32.5 Å². The monoisotopic (exact) mass is 506 g/mol. The number of esters is 1. The number of hydrogen-bond donors (Lipinski definition) is 1. The molecule has 3 heterocycles. The summed E-state index contributed by atoms with van der Waals surface area (Å²) in [5.74, 6) is -3.18. The van der Waals surface area contributed by atoms with Crippen molar-refractivity contribution in [3.63, 3.8) is 0 Å². The number of nitro benzene ring substituents is 1. The first kappa shape index (κ1) is 24.4. The van der Waals surface area contributed by atoms with Crippen LogP contribution in [0.2, 0.25) is 0 Å². The van der Waals surface area contributed by atoms with E-state index in [0.29, 0.717) is 0 Å².